The number of amides is 1. The van der Waals surface area contributed by atoms with Gasteiger partial charge in [0.25, 0.3) is 0 Å². The van der Waals surface area contributed by atoms with E-state index in [1.54, 1.807) is 13.8 Å². The molecule has 19 heavy (non-hydrogen) atoms. The van der Waals surface area contributed by atoms with Crippen molar-refractivity contribution in [2.45, 2.75) is 25.4 Å². The number of hydrogen-bond donors (Lipinski definition) is 2. The normalized spacial score (nSPS) is 20.8. The Kier molecular flexibility index (Phi) is 3.09. The highest BCUT2D eigenvalue weighted by atomic mass is 16.5. The van der Waals surface area contributed by atoms with Gasteiger partial charge < -0.3 is 19.8 Å². The Hall–Kier alpha value is -2.24. The van der Waals surface area contributed by atoms with Crippen LogP contribution in [-0.2, 0) is 15.1 Å². The molecule has 1 atom stereocenters. The van der Waals surface area contributed by atoms with Gasteiger partial charge in [-0.1, -0.05) is 0 Å². The van der Waals surface area contributed by atoms with Crippen LogP contribution >= 0.6 is 0 Å². The van der Waals surface area contributed by atoms with Crippen LogP contribution in [0.3, 0.4) is 0 Å². The third-order valence-electron chi connectivity index (χ3n) is 3.31. The smallest absolute Gasteiger partial charge is 0.338 e. The number of nitrogens with zero attached hydrogens (tertiary/aromatic N) is 1. The highest BCUT2D eigenvalue weighted by Gasteiger charge is 2.53. The van der Waals surface area contributed by atoms with Crippen LogP contribution in [-0.4, -0.2) is 40.1 Å². The molecular weight excluding hydrogens is 250 g/mol. The molecule has 0 saturated carbocycles. The molecule has 1 heterocycles. The second-order valence-corrected chi connectivity index (χ2v) is 4.74. The summed E-state index contributed by atoms with van der Waals surface area (Å²) >= 11 is 0. The van der Waals surface area contributed by atoms with Crippen molar-refractivity contribution in [3.8, 4) is 11.5 Å². The number of benzene rings is 1. The number of phenols is 1. The van der Waals surface area contributed by atoms with Crippen molar-refractivity contribution in [3.05, 3.63) is 23.8 Å². The van der Waals surface area contributed by atoms with E-state index in [2.05, 4.69) is 0 Å². The summed E-state index contributed by atoms with van der Waals surface area (Å²) < 4.78 is 5.35. The minimum Gasteiger partial charge on any atom is -0.508 e. The summed E-state index contributed by atoms with van der Waals surface area (Å²) in [6, 6.07) is 3.92. The maximum Gasteiger partial charge on any atom is 0.338 e. The van der Waals surface area contributed by atoms with Crippen LogP contribution < -0.4 is 4.74 Å². The van der Waals surface area contributed by atoms with Gasteiger partial charge in [-0.05, 0) is 26.0 Å². The molecule has 6 nitrogen and oxygen atoms in total. The Morgan fingerprint density at radius 3 is 2.74 bits per heavy atom. The second-order valence-electron chi connectivity index (χ2n) is 4.74. The van der Waals surface area contributed by atoms with E-state index in [-0.39, 0.29) is 24.1 Å². The van der Waals surface area contributed by atoms with E-state index in [4.69, 9.17) is 4.74 Å². The van der Waals surface area contributed by atoms with Gasteiger partial charge in [0.15, 0.2) is 0 Å². The number of fused-ring (bicyclic) bond motifs is 1. The summed E-state index contributed by atoms with van der Waals surface area (Å²) in [5, 5.41) is 19.0. The van der Waals surface area contributed by atoms with Crippen LogP contribution in [0.2, 0.25) is 0 Å². The fourth-order valence-electron chi connectivity index (χ4n) is 2.39. The molecule has 1 aromatic carbocycles. The first-order valence-corrected chi connectivity index (χ1v) is 5.87. The molecule has 2 rings (SSSR count). The Balaban J connectivity index is 2.62. The Morgan fingerprint density at radius 1 is 1.53 bits per heavy atom. The maximum absolute atomic E-state index is 11.7. The van der Waals surface area contributed by atoms with Crippen LogP contribution in [0, 0.1) is 0 Å². The number of aliphatic carboxylic acids is 1. The lowest BCUT2D eigenvalue weighted by Crippen LogP contribution is -2.55. The van der Waals surface area contributed by atoms with Crippen LogP contribution in [0.25, 0.3) is 0 Å². The molecular formula is C13H15NO5. The van der Waals surface area contributed by atoms with Gasteiger partial charge in [0.05, 0.1) is 0 Å². The van der Waals surface area contributed by atoms with E-state index < -0.39 is 11.5 Å². The molecule has 0 spiro atoms. The molecule has 102 valence electrons. The predicted octanol–water partition coefficient (Wildman–Crippen LogP) is 0.931. The zero-order chi connectivity index (χ0) is 14.2. The van der Waals surface area contributed by atoms with Crippen molar-refractivity contribution < 1.29 is 24.5 Å². The van der Waals surface area contributed by atoms with Crippen molar-refractivity contribution in [1.29, 1.82) is 0 Å². The van der Waals surface area contributed by atoms with Crippen LogP contribution in [0.1, 0.15) is 19.4 Å². The molecule has 1 aliphatic rings. The minimum absolute atomic E-state index is 0.0119. The zero-order valence-electron chi connectivity index (χ0n) is 10.7. The molecule has 1 amide bonds. The molecule has 1 unspecified atom stereocenters. The van der Waals surface area contributed by atoms with Crippen LogP contribution in [0.5, 0.6) is 11.5 Å². The summed E-state index contributed by atoms with van der Waals surface area (Å²) in [5.74, 6) is -0.880. The standard InChI is InChI=1S/C13H15NO5/c1-8(2)14(7-15)13(12(17)18)6-19-11-5-9(16)3-4-10(11)13/h3-5,7-8,16H,6H2,1-2H3,(H,17,18). The van der Waals surface area contributed by atoms with E-state index in [1.165, 1.54) is 23.1 Å². The molecule has 2 N–H and O–H groups in total. The molecule has 6 heteroatoms. The number of carboxylic acids is 1. The quantitative estimate of drug-likeness (QED) is 0.791. The summed E-state index contributed by atoms with van der Waals surface area (Å²) in [4.78, 5) is 24.2. The number of rotatable bonds is 4. The molecule has 1 aliphatic heterocycles. The van der Waals surface area contributed by atoms with E-state index in [1.807, 2.05) is 0 Å². The van der Waals surface area contributed by atoms with E-state index >= 15 is 0 Å². The van der Waals surface area contributed by atoms with Crippen molar-refractivity contribution >= 4 is 12.4 Å². The van der Waals surface area contributed by atoms with Gasteiger partial charge in [-0.2, -0.15) is 0 Å². The third-order valence-corrected chi connectivity index (χ3v) is 3.31. The fraction of sp³-hybridized carbons (Fsp3) is 0.385. The number of carbonyl (C=O) groups excluding carboxylic acids is 1. The van der Waals surface area contributed by atoms with E-state index in [0.29, 0.717) is 12.0 Å². The largest absolute Gasteiger partial charge is 0.508 e. The molecule has 0 saturated heterocycles. The van der Waals surface area contributed by atoms with Crippen molar-refractivity contribution in [1.82, 2.24) is 4.90 Å². The zero-order valence-corrected chi connectivity index (χ0v) is 10.7. The number of phenolic OH excluding ortho intramolecular Hbond substituents is 1. The first kappa shape index (κ1) is 13.2. The molecule has 0 bridgehead atoms. The number of aromatic hydroxyl groups is 1. The Bertz CT molecular complexity index is 528. The first-order chi connectivity index (χ1) is 8.93. The average Bonchev–Trinajstić information content (AvgIpc) is 2.69. The summed E-state index contributed by atoms with van der Waals surface area (Å²) in [7, 11) is 0. The number of hydrogen-bond acceptors (Lipinski definition) is 4. The van der Waals surface area contributed by atoms with Crippen molar-refractivity contribution in [3.63, 3.8) is 0 Å². The topological polar surface area (TPSA) is 87.1 Å². The highest BCUT2D eigenvalue weighted by Crippen LogP contribution is 2.43. The Labute approximate surface area is 110 Å². The summed E-state index contributed by atoms with van der Waals surface area (Å²) in [6.45, 7) is 3.30. The van der Waals surface area contributed by atoms with Gasteiger partial charge in [-0.15, -0.1) is 0 Å². The molecule has 0 fully saturated rings. The molecule has 0 aliphatic carbocycles. The number of carboxylic acid groups (broad SMARTS) is 1. The molecule has 1 aromatic rings. The third kappa shape index (κ3) is 1.80. The fourth-order valence-corrected chi connectivity index (χ4v) is 2.39. The number of ether oxygens (including phenoxy) is 1. The van der Waals surface area contributed by atoms with Gasteiger partial charge in [-0.25, -0.2) is 4.79 Å². The van der Waals surface area contributed by atoms with Gasteiger partial charge in [0, 0.05) is 17.7 Å². The van der Waals surface area contributed by atoms with Crippen molar-refractivity contribution in [2.24, 2.45) is 0 Å². The van der Waals surface area contributed by atoms with Gasteiger partial charge in [0.1, 0.15) is 18.1 Å². The lowest BCUT2D eigenvalue weighted by Gasteiger charge is -2.36. The lowest BCUT2D eigenvalue weighted by molar-refractivity contribution is -0.158. The average molecular weight is 265 g/mol. The number of carbonyl (C=O) groups is 2. The Morgan fingerprint density at radius 2 is 2.21 bits per heavy atom. The summed E-state index contributed by atoms with van der Waals surface area (Å²) in [5.41, 5.74) is -1.17. The van der Waals surface area contributed by atoms with Gasteiger partial charge in [0.2, 0.25) is 11.9 Å². The van der Waals surface area contributed by atoms with Crippen LogP contribution in [0.15, 0.2) is 18.2 Å². The minimum atomic E-state index is -1.54. The lowest BCUT2D eigenvalue weighted by atomic mass is 9.89. The molecule has 0 radical (unpaired) electrons. The van der Waals surface area contributed by atoms with Gasteiger partial charge >= 0.3 is 5.97 Å². The highest BCUT2D eigenvalue weighted by molar-refractivity contribution is 5.86. The second kappa shape index (κ2) is 4.46. The molecule has 0 aromatic heterocycles. The monoisotopic (exact) mass is 265 g/mol. The van der Waals surface area contributed by atoms with Crippen molar-refractivity contribution in [2.75, 3.05) is 6.61 Å². The predicted molar refractivity (Wildman–Crippen MR) is 66.0 cm³/mol. The maximum atomic E-state index is 11.7. The van der Waals surface area contributed by atoms with E-state index in [9.17, 15) is 19.8 Å². The SMILES string of the molecule is CC(C)N(C=O)C1(C(=O)O)COc2cc(O)ccc21. The summed E-state index contributed by atoms with van der Waals surface area (Å²) in [6.07, 6.45) is 0.518. The first-order valence-electron chi connectivity index (χ1n) is 5.87. The van der Waals surface area contributed by atoms with Crippen LogP contribution in [0.4, 0.5) is 0 Å². The van der Waals surface area contributed by atoms with Gasteiger partial charge in [-0.3, -0.25) is 4.79 Å². The van der Waals surface area contributed by atoms with E-state index in [0.717, 1.165) is 0 Å².